The molecule has 118 valence electrons. The lowest BCUT2D eigenvalue weighted by Crippen LogP contribution is -2.28. The van der Waals surface area contributed by atoms with Crippen LogP contribution in [-0.2, 0) is 10.1 Å². The van der Waals surface area contributed by atoms with Gasteiger partial charge in [-0.25, -0.2) is 4.79 Å². The van der Waals surface area contributed by atoms with Crippen molar-refractivity contribution in [3.05, 3.63) is 42.1 Å². The number of carbonyl (C=O) groups is 1. The number of alkyl halides is 3. The second-order valence-corrected chi connectivity index (χ2v) is 5.44. The molecule has 0 atom stereocenters. The standard InChI is InChI=1S/C11H7F3N2O5S/c12-11(13,14)22(19,20)21-9-6-8(10(17)18)15-16(9)7-4-2-1-3-5-7/h1-6H,(H,17,18). The number of nitrogens with zero attached hydrogens (tertiary/aromatic N) is 2. The molecule has 0 aliphatic heterocycles. The molecule has 2 rings (SSSR count). The number of hydrogen-bond acceptors (Lipinski definition) is 5. The Hall–Kier alpha value is -2.56. The predicted molar refractivity (Wildman–Crippen MR) is 66.1 cm³/mol. The van der Waals surface area contributed by atoms with Gasteiger partial charge >= 0.3 is 21.6 Å². The Bertz CT molecular complexity index is 799. The molecule has 0 amide bonds. The third kappa shape index (κ3) is 3.03. The smallest absolute Gasteiger partial charge is 0.476 e. The summed E-state index contributed by atoms with van der Waals surface area (Å²) in [5.41, 5.74) is -6.19. The lowest BCUT2D eigenvalue weighted by Gasteiger charge is -2.10. The summed E-state index contributed by atoms with van der Waals surface area (Å²) in [7, 11) is -5.95. The van der Waals surface area contributed by atoms with Crippen molar-refractivity contribution in [3.8, 4) is 11.6 Å². The first-order valence-electron chi connectivity index (χ1n) is 5.51. The third-order valence-corrected chi connectivity index (χ3v) is 3.33. The van der Waals surface area contributed by atoms with Crippen LogP contribution in [0, 0.1) is 0 Å². The van der Waals surface area contributed by atoms with Crippen molar-refractivity contribution in [2.75, 3.05) is 0 Å². The van der Waals surface area contributed by atoms with Crippen LogP contribution in [0.4, 0.5) is 13.2 Å². The van der Waals surface area contributed by atoms with E-state index in [9.17, 15) is 26.4 Å². The molecule has 1 N–H and O–H groups in total. The van der Waals surface area contributed by atoms with E-state index in [1.54, 1.807) is 6.07 Å². The Labute approximate surface area is 121 Å². The normalized spacial score (nSPS) is 12.1. The molecule has 0 radical (unpaired) electrons. The fraction of sp³-hybridized carbons (Fsp3) is 0.0909. The van der Waals surface area contributed by atoms with E-state index < -0.39 is 33.2 Å². The van der Waals surface area contributed by atoms with Gasteiger partial charge in [-0.1, -0.05) is 18.2 Å². The summed E-state index contributed by atoms with van der Waals surface area (Å²) in [6.07, 6.45) is 0. The molecule has 0 spiro atoms. The molecule has 0 bridgehead atoms. The summed E-state index contributed by atoms with van der Waals surface area (Å²) in [5, 5.41) is 12.3. The van der Waals surface area contributed by atoms with E-state index in [2.05, 4.69) is 9.28 Å². The lowest BCUT2D eigenvalue weighted by atomic mass is 10.3. The molecule has 1 aromatic heterocycles. The van der Waals surface area contributed by atoms with Crippen LogP contribution in [-0.4, -0.2) is 34.8 Å². The van der Waals surface area contributed by atoms with E-state index >= 15 is 0 Å². The second kappa shape index (κ2) is 5.33. The van der Waals surface area contributed by atoms with Crippen LogP contribution < -0.4 is 4.18 Å². The molecule has 22 heavy (non-hydrogen) atoms. The Balaban J connectivity index is 2.54. The molecule has 1 heterocycles. The van der Waals surface area contributed by atoms with E-state index in [1.165, 1.54) is 24.3 Å². The van der Waals surface area contributed by atoms with E-state index in [0.717, 1.165) is 0 Å². The van der Waals surface area contributed by atoms with Crippen LogP contribution in [0.3, 0.4) is 0 Å². The first-order valence-corrected chi connectivity index (χ1v) is 6.92. The summed E-state index contributed by atoms with van der Waals surface area (Å²) < 4.78 is 63.8. The number of carboxylic acid groups (broad SMARTS) is 1. The summed E-state index contributed by atoms with van der Waals surface area (Å²) >= 11 is 0. The lowest BCUT2D eigenvalue weighted by molar-refractivity contribution is -0.0502. The van der Waals surface area contributed by atoms with Crippen LogP contribution in [0.15, 0.2) is 36.4 Å². The highest BCUT2D eigenvalue weighted by Crippen LogP contribution is 2.28. The highest BCUT2D eigenvalue weighted by atomic mass is 32.2. The van der Waals surface area contributed by atoms with Gasteiger partial charge in [0, 0.05) is 6.07 Å². The summed E-state index contributed by atoms with van der Waals surface area (Å²) in [5.74, 6) is -2.44. The Kier molecular flexibility index (Phi) is 3.83. The minimum Gasteiger partial charge on any atom is -0.476 e. The molecule has 0 unspecified atom stereocenters. The SMILES string of the molecule is O=C(O)c1cc(OS(=O)(=O)C(F)(F)F)n(-c2ccccc2)n1. The molecule has 1 aromatic carbocycles. The van der Waals surface area contributed by atoms with Crippen molar-refractivity contribution in [3.63, 3.8) is 0 Å². The molecule has 0 aliphatic carbocycles. The predicted octanol–water partition coefficient (Wildman–Crippen LogP) is 1.80. The Morgan fingerprint density at radius 1 is 1.23 bits per heavy atom. The minimum atomic E-state index is -5.95. The molecule has 0 aliphatic rings. The van der Waals surface area contributed by atoms with Crippen molar-refractivity contribution in [2.45, 2.75) is 5.51 Å². The number of para-hydroxylation sites is 1. The Morgan fingerprint density at radius 2 is 1.82 bits per heavy atom. The van der Waals surface area contributed by atoms with Gasteiger partial charge in [0.25, 0.3) is 0 Å². The minimum absolute atomic E-state index is 0.127. The summed E-state index contributed by atoms with van der Waals surface area (Å²) in [6, 6.07) is 7.94. The van der Waals surface area contributed by atoms with Gasteiger partial charge in [-0.3, -0.25) is 0 Å². The van der Waals surface area contributed by atoms with Gasteiger partial charge < -0.3 is 9.29 Å². The van der Waals surface area contributed by atoms with Crippen LogP contribution in [0.25, 0.3) is 5.69 Å². The van der Waals surface area contributed by atoms with Crippen molar-refractivity contribution in [1.29, 1.82) is 0 Å². The Morgan fingerprint density at radius 3 is 2.32 bits per heavy atom. The van der Waals surface area contributed by atoms with Gasteiger partial charge in [0.2, 0.25) is 5.88 Å². The zero-order valence-corrected chi connectivity index (χ0v) is 11.3. The van der Waals surface area contributed by atoms with Gasteiger partial charge in [0.05, 0.1) is 5.69 Å². The number of hydrogen-bond donors (Lipinski definition) is 1. The molecule has 0 saturated heterocycles. The second-order valence-electron chi connectivity index (χ2n) is 3.90. The molecular formula is C11H7F3N2O5S. The van der Waals surface area contributed by atoms with Crippen molar-refractivity contribution >= 4 is 16.1 Å². The van der Waals surface area contributed by atoms with E-state index in [4.69, 9.17) is 5.11 Å². The van der Waals surface area contributed by atoms with Gasteiger partial charge in [-0.15, -0.1) is 0 Å². The maximum Gasteiger partial charge on any atom is 0.534 e. The van der Waals surface area contributed by atoms with Crippen molar-refractivity contribution < 1.29 is 35.7 Å². The van der Waals surface area contributed by atoms with E-state index in [1.807, 2.05) is 0 Å². The number of halogens is 3. The quantitative estimate of drug-likeness (QED) is 0.675. The monoisotopic (exact) mass is 336 g/mol. The van der Waals surface area contributed by atoms with Crippen molar-refractivity contribution in [1.82, 2.24) is 9.78 Å². The van der Waals surface area contributed by atoms with Crippen LogP contribution in [0.5, 0.6) is 5.88 Å². The van der Waals surface area contributed by atoms with Crippen molar-refractivity contribution in [2.24, 2.45) is 0 Å². The number of rotatable bonds is 4. The average Bonchev–Trinajstić information content (AvgIpc) is 2.82. The fourth-order valence-corrected chi connectivity index (χ4v) is 1.88. The maximum atomic E-state index is 12.4. The van der Waals surface area contributed by atoms with Crippen LogP contribution in [0.1, 0.15) is 10.5 Å². The zero-order chi connectivity index (χ0) is 16.5. The molecule has 0 fully saturated rings. The molecule has 11 heteroatoms. The summed E-state index contributed by atoms with van der Waals surface area (Å²) in [6.45, 7) is 0. The van der Waals surface area contributed by atoms with Gasteiger partial charge in [-0.05, 0) is 12.1 Å². The molecule has 7 nitrogen and oxygen atoms in total. The fourth-order valence-electron chi connectivity index (χ4n) is 1.44. The van der Waals surface area contributed by atoms with Gasteiger partial charge in [-0.2, -0.15) is 31.4 Å². The average molecular weight is 336 g/mol. The topological polar surface area (TPSA) is 98.5 Å². The first-order chi connectivity index (χ1) is 10.1. The number of carboxylic acids is 1. The maximum absolute atomic E-state index is 12.4. The number of aromatic nitrogens is 2. The summed E-state index contributed by atoms with van der Waals surface area (Å²) in [4.78, 5) is 10.9. The highest BCUT2D eigenvalue weighted by Gasteiger charge is 2.49. The van der Waals surface area contributed by atoms with Gasteiger partial charge in [0.15, 0.2) is 5.69 Å². The molecule has 0 saturated carbocycles. The van der Waals surface area contributed by atoms with E-state index in [-0.39, 0.29) is 5.69 Å². The van der Waals surface area contributed by atoms with E-state index in [0.29, 0.717) is 10.7 Å². The first kappa shape index (κ1) is 15.8. The number of benzene rings is 1. The zero-order valence-electron chi connectivity index (χ0n) is 10.5. The third-order valence-electron chi connectivity index (χ3n) is 2.38. The van der Waals surface area contributed by atoms with Crippen LogP contribution >= 0.6 is 0 Å². The largest absolute Gasteiger partial charge is 0.534 e. The molecular weight excluding hydrogens is 329 g/mol. The highest BCUT2D eigenvalue weighted by molar-refractivity contribution is 7.87. The number of aromatic carboxylic acids is 1. The van der Waals surface area contributed by atoms with Gasteiger partial charge in [0.1, 0.15) is 0 Å². The molecule has 2 aromatic rings. The van der Waals surface area contributed by atoms with Crippen LogP contribution in [0.2, 0.25) is 0 Å².